The third kappa shape index (κ3) is 28.4. The minimum absolute atomic E-state index is 0. The van der Waals surface area contributed by atoms with E-state index in [0.29, 0.717) is 0 Å². The second kappa shape index (κ2) is 46.4. The molecule has 0 saturated carbocycles. The van der Waals surface area contributed by atoms with E-state index < -0.39 is 0 Å². The fourth-order valence-electron chi connectivity index (χ4n) is 0. The Bertz CT molecular complexity index is 6.85. The van der Waals surface area contributed by atoms with E-state index >= 15 is 0 Å². The molecule has 0 saturated heterocycles. The molecule has 32 valence electrons. The molecule has 0 aromatic rings. The Balaban J connectivity index is 0. The first-order valence-corrected chi connectivity index (χ1v) is 0. The van der Waals surface area contributed by atoms with Gasteiger partial charge in [0, 0.05) is 0 Å². The summed E-state index contributed by atoms with van der Waals surface area (Å²) in [6.45, 7) is 0. The monoisotopic (exact) mass is 102 g/mol. The van der Waals surface area contributed by atoms with Crippen molar-refractivity contribution in [3.8, 4) is 0 Å². The van der Waals surface area contributed by atoms with Gasteiger partial charge in [-0.3, -0.25) is 0 Å². The van der Waals surface area contributed by atoms with Crippen LogP contribution in [0.5, 0.6) is 0 Å². The maximum atomic E-state index is 0. The van der Waals surface area contributed by atoms with E-state index in [1.807, 2.05) is 0 Å². The van der Waals surface area contributed by atoms with Crippen molar-refractivity contribution in [3.63, 3.8) is 0 Å². The van der Waals surface area contributed by atoms with Crippen molar-refractivity contribution >= 4 is 0 Å². The van der Waals surface area contributed by atoms with Crippen LogP contribution in [0.1, 0.15) is 7.43 Å². The van der Waals surface area contributed by atoms with Gasteiger partial charge in [-0.2, -0.15) is 0 Å². The zero-order valence-electron chi connectivity index (χ0n) is 3.71. The zero-order chi connectivity index (χ0) is 0. The Labute approximate surface area is 78.5 Å². The molecule has 0 unspecified atom stereocenters. The van der Waals surface area contributed by atoms with Crippen LogP contribution in [-0.4, -0.2) is 0 Å². The van der Waals surface area contributed by atoms with Crippen LogP contribution in [0.25, 0.3) is 0 Å². The third-order valence-corrected chi connectivity index (χ3v) is 0. The molecule has 0 amide bonds. The molecule has 2 heteroatoms. The molecule has 0 rings (SSSR count). The molecule has 0 bridgehead atoms. The van der Waals surface area contributed by atoms with Gasteiger partial charge < -0.3 is 21.0 Å². The summed E-state index contributed by atoms with van der Waals surface area (Å²) in [4.78, 5) is 0. The van der Waals surface area contributed by atoms with Crippen LogP contribution in [0.4, 0.5) is 0 Å². The van der Waals surface area contributed by atoms with Crippen molar-refractivity contribution in [1.29, 1.82) is 0 Å². The van der Waals surface area contributed by atoms with Crippen molar-refractivity contribution < 1.29 is 51.4 Å². The molecule has 0 atom stereocenters. The smallest absolute Gasteiger partial charge is 0.358 e. The molecule has 0 spiro atoms. The molecule has 0 aromatic heterocycles. The summed E-state index contributed by atoms with van der Waals surface area (Å²) in [6.07, 6.45) is 0. The van der Waals surface area contributed by atoms with Gasteiger partial charge in [0.1, 0.15) is 0 Å². The van der Waals surface area contributed by atoms with Crippen molar-refractivity contribution in [3.05, 3.63) is 14.9 Å². The largest absolute Gasteiger partial charge is 1.00 e. The van der Waals surface area contributed by atoms with E-state index in [4.69, 9.17) is 0 Å². The summed E-state index contributed by atoms with van der Waals surface area (Å²) in [6, 6.07) is 0. The average Bonchev–Trinajstić information content (AvgIpc) is 0. The first-order chi connectivity index (χ1) is 0. The second-order valence-corrected chi connectivity index (χ2v) is 0. The maximum Gasteiger partial charge on any atom is 1.00 e. The van der Waals surface area contributed by atoms with E-state index in [2.05, 4.69) is 0 Å². The van der Waals surface area contributed by atoms with Crippen LogP contribution in [-0.2, 0) is 0 Å². The Morgan fingerprint density at radius 2 is 0.800 bits per heavy atom. The molecule has 0 aliphatic carbocycles. The molecular weight excluding hydrogens is 89.1 g/mol. The van der Waals surface area contributed by atoms with Gasteiger partial charge in [-0.15, -0.1) is 0 Å². The summed E-state index contributed by atoms with van der Waals surface area (Å²) in [5.74, 6) is 0. The van der Waals surface area contributed by atoms with Crippen LogP contribution in [0.2, 0.25) is 0 Å². The molecule has 0 heterocycles. The first-order valence-electron chi connectivity index (χ1n) is 0. The van der Waals surface area contributed by atoms with Crippen molar-refractivity contribution in [2.75, 3.05) is 0 Å². The van der Waals surface area contributed by atoms with Gasteiger partial charge >= 0.3 is 51.4 Å². The normalized spacial score (nSPS) is 0. The molecule has 3 N–H and O–H groups in total. The molecule has 0 fully saturated rings. The van der Waals surface area contributed by atoms with Gasteiger partial charge in [-0.25, -0.2) is 0 Å². The zero-order valence-corrected chi connectivity index (χ0v) is 6.83. The molecular formula is C3H13KN-. The van der Waals surface area contributed by atoms with Gasteiger partial charge in [-0.1, -0.05) is 7.43 Å². The van der Waals surface area contributed by atoms with Crippen LogP contribution in [0, 0.1) is 14.9 Å². The summed E-state index contributed by atoms with van der Waals surface area (Å²) in [7, 11) is 0. The van der Waals surface area contributed by atoms with Crippen LogP contribution >= 0.6 is 0 Å². The van der Waals surface area contributed by atoms with E-state index in [1.54, 1.807) is 0 Å². The molecule has 1 nitrogen and oxygen atoms in total. The molecule has 0 aromatic carbocycles. The SMILES string of the molecule is C.N.[CH3-].[CH3-].[K+]. The Kier molecular flexibility index (Phi) is 752. The maximum absolute atomic E-state index is 0. The summed E-state index contributed by atoms with van der Waals surface area (Å²) < 4.78 is 0. The van der Waals surface area contributed by atoms with E-state index in [0.717, 1.165) is 0 Å². The number of hydrogen-bond acceptors (Lipinski definition) is 1. The fourth-order valence-corrected chi connectivity index (χ4v) is 0. The van der Waals surface area contributed by atoms with Gasteiger partial charge in [0.25, 0.3) is 0 Å². The van der Waals surface area contributed by atoms with Crippen LogP contribution in [0.3, 0.4) is 0 Å². The van der Waals surface area contributed by atoms with E-state index in [-0.39, 0.29) is 79.8 Å². The Morgan fingerprint density at radius 3 is 0.800 bits per heavy atom. The minimum Gasteiger partial charge on any atom is -0.358 e. The predicted octanol–water partition coefficient (Wildman–Crippen LogP) is -1.30. The topological polar surface area (TPSA) is 35.0 Å². The third-order valence-electron chi connectivity index (χ3n) is 0. The van der Waals surface area contributed by atoms with Crippen LogP contribution < -0.4 is 57.5 Å². The van der Waals surface area contributed by atoms with Gasteiger partial charge in [-0.05, 0) is 0 Å². The second-order valence-electron chi connectivity index (χ2n) is 0. The molecule has 5 heavy (non-hydrogen) atoms. The van der Waals surface area contributed by atoms with Crippen molar-refractivity contribution in [2.24, 2.45) is 0 Å². The molecule has 0 aliphatic rings. The number of rotatable bonds is 0. The fraction of sp³-hybridized carbons (Fsp3) is 0.333. The van der Waals surface area contributed by atoms with Crippen molar-refractivity contribution in [2.45, 2.75) is 7.43 Å². The van der Waals surface area contributed by atoms with E-state index in [1.165, 1.54) is 0 Å². The summed E-state index contributed by atoms with van der Waals surface area (Å²) in [5.41, 5.74) is 0. The molecule has 0 aliphatic heterocycles. The van der Waals surface area contributed by atoms with Gasteiger partial charge in [0.2, 0.25) is 0 Å². The van der Waals surface area contributed by atoms with Crippen LogP contribution in [0.15, 0.2) is 0 Å². The quantitative estimate of drug-likeness (QED) is 0.299. The standard InChI is InChI=1S/CH4.2CH3.K.H3N/h1H4;2*1H3;;1H3/q;2*-1;+1;. The predicted molar refractivity (Wildman–Crippen MR) is 24.6 cm³/mol. The summed E-state index contributed by atoms with van der Waals surface area (Å²) >= 11 is 0. The van der Waals surface area contributed by atoms with E-state index in [9.17, 15) is 0 Å². The van der Waals surface area contributed by atoms with Crippen molar-refractivity contribution in [1.82, 2.24) is 6.15 Å². The van der Waals surface area contributed by atoms with Gasteiger partial charge in [0.15, 0.2) is 0 Å². The molecule has 0 radical (unpaired) electrons. The summed E-state index contributed by atoms with van der Waals surface area (Å²) in [5, 5.41) is 0. The minimum atomic E-state index is 0. The number of hydrogen-bond donors (Lipinski definition) is 1. The average molecular weight is 102 g/mol. The van der Waals surface area contributed by atoms with Gasteiger partial charge in [0.05, 0.1) is 0 Å². The Morgan fingerprint density at radius 1 is 0.800 bits per heavy atom. The first kappa shape index (κ1) is 81.1. The Hall–Kier alpha value is 1.60.